The van der Waals surface area contributed by atoms with Crippen molar-refractivity contribution in [1.29, 1.82) is 0 Å². The van der Waals surface area contributed by atoms with Crippen molar-refractivity contribution in [1.82, 2.24) is 0 Å². The Balaban J connectivity index is 3.41. The lowest BCUT2D eigenvalue weighted by Crippen LogP contribution is -2.02. The van der Waals surface area contributed by atoms with Crippen molar-refractivity contribution in [2.75, 3.05) is 0 Å². The van der Waals surface area contributed by atoms with Crippen LogP contribution in [0.4, 0.5) is 0 Å². The lowest BCUT2D eigenvalue weighted by Gasteiger charge is -2.20. The van der Waals surface area contributed by atoms with Crippen molar-refractivity contribution >= 4 is 5.57 Å². The highest BCUT2D eigenvalue weighted by Crippen LogP contribution is 2.34. The van der Waals surface area contributed by atoms with Crippen LogP contribution >= 0.6 is 0 Å². The van der Waals surface area contributed by atoms with Crippen LogP contribution in [-0.2, 0) is 0 Å². The molecule has 1 aromatic rings. The first-order valence-electron chi connectivity index (χ1n) is 5.87. The topological polar surface area (TPSA) is 20.2 Å². The molecule has 0 atom stereocenters. The summed E-state index contributed by atoms with van der Waals surface area (Å²) in [7, 11) is 0. The first-order chi connectivity index (χ1) is 7.34. The molecule has 0 spiro atoms. The number of phenolic OH excluding ortho intramolecular Hbond substituents is 1. The van der Waals surface area contributed by atoms with Crippen LogP contribution in [-0.4, -0.2) is 5.11 Å². The number of benzene rings is 1. The summed E-state index contributed by atoms with van der Waals surface area (Å²) in [5.74, 6) is 1.18. The predicted molar refractivity (Wildman–Crippen MR) is 70.8 cm³/mol. The van der Waals surface area contributed by atoms with E-state index in [0.717, 1.165) is 11.1 Å². The van der Waals surface area contributed by atoms with Gasteiger partial charge in [0.1, 0.15) is 5.75 Å². The van der Waals surface area contributed by atoms with Gasteiger partial charge in [-0.2, -0.15) is 0 Å². The summed E-state index contributed by atoms with van der Waals surface area (Å²) in [6.45, 7) is 14.8. The molecular formula is C15H22O. The number of hydrogen-bond donors (Lipinski definition) is 1. The molecule has 0 fully saturated rings. The first kappa shape index (κ1) is 12.8. The first-order valence-corrected chi connectivity index (χ1v) is 5.87. The predicted octanol–water partition coefficient (Wildman–Crippen LogP) is 4.49. The molecule has 1 N–H and O–H groups in total. The van der Waals surface area contributed by atoms with Gasteiger partial charge < -0.3 is 5.11 Å². The Bertz CT molecular complexity index is 400. The van der Waals surface area contributed by atoms with Gasteiger partial charge in [0.25, 0.3) is 0 Å². The van der Waals surface area contributed by atoms with E-state index in [1.165, 1.54) is 11.1 Å². The lowest BCUT2D eigenvalue weighted by atomic mass is 9.85. The molecule has 0 unspecified atom stereocenters. The van der Waals surface area contributed by atoms with Crippen molar-refractivity contribution in [2.45, 2.75) is 40.5 Å². The zero-order chi connectivity index (χ0) is 12.5. The Hall–Kier alpha value is -1.24. The molecule has 0 aliphatic carbocycles. The highest BCUT2D eigenvalue weighted by Gasteiger charge is 2.15. The molecule has 0 aromatic heterocycles. The number of rotatable bonds is 3. The minimum atomic E-state index is 0.349. The monoisotopic (exact) mass is 218 g/mol. The number of aromatic hydroxyl groups is 1. The van der Waals surface area contributed by atoms with Gasteiger partial charge in [-0.15, -0.1) is 0 Å². The summed E-state index contributed by atoms with van der Waals surface area (Å²) in [5, 5.41) is 9.66. The fraction of sp³-hybridized carbons (Fsp3) is 0.467. The van der Waals surface area contributed by atoms with E-state index < -0.39 is 0 Å². The summed E-state index contributed by atoms with van der Waals surface area (Å²) in [4.78, 5) is 0. The van der Waals surface area contributed by atoms with E-state index in [-0.39, 0.29) is 0 Å². The van der Waals surface area contributed by atoms with E-state index in [0.29, 0.717) is 17.6 Å². The molecule has 1 heteroatoms. The molecule has 88 valence electrons. The third-order valence-corrected chi connectivity index (χ3v) is 2.99. The van der Waals surface area contributed by atoms with Crippen LogP contribution in [0.5, 0.6) is 5.75 Å². The number of phenols is 1. The van der Waals surface area contributed by atoms with E-state index in [1.54, 1.807) is 0 Å². The molecule has 0 saturated heterocycles. The summed E-state index contributed by atoms with van der Waals surface area (Å²) in [5.41, 5.74) is 4.68. The Morgan fingerprint density at radius 3 is 2.19 bits per heavy atom. The van der Waals surface area contributed by atoms with Gasteiger partial charge in [-0.05, 0) is 53.2 Å². The van der Waals surface area contributed by atoms with E-state index >= 15 is 0 Å². The average Bonchev–Trinajstić information content (AvgIpc) is 2.15. The molecule has 0 radical (unpaired) electrons. The molecule has 0 bridgehead atoms. The van der Waals surface area contributed by atoms with E-state index in [4.69, 9.17) is 0 Å². The van der Waals surface area contributed by atoms with E-state index in [9.17, 15) is 5.11 Å². The minimum Gasteiger partial charge on any atom is -0.508 e. The quantitative estimate of drug-likeness (QED) is 0.792. The highest BCUT2D eigenvalue weighted by molar-refractivity contribution is 5.71. The van der Waals surface area contributed by atoms with Gasteiger partial charge in [-0.1, -0.05) is 34.3 Å². The average molecular weight is 218 g/mol. The van der Waals surface area contributed by atoms with Crippen LogP contribution in [0.15, 0.2) is 18.7 Å². The van der Waals surface area contributed by atoms with Gasteiger partial charge >= 0.3 is 0 Å². The zero-order valence-corrected chi connectivity index (χ0v) is 11.0. The van der Waals surface area contributed by atoms with Crippen LogP contribution in [0.1, 0.15) is 50.3 Å². The van der Waals surface area contributed by atoms with Crippen LogP contribution in [0.3, 0.4) is 0 Å². The fourth-order valence-electron chi connectivity index (χ4n) is 1.98. The Labute approximate surface area is 98.8 Å². The van der Waals surface area contributed by atoms with Gasteiger partial charge in [0.2, 0.25) is 0 Å². The highest BCUT2D eigenvalue weighted by atomic mass is 16.3. The Kier molecular flexibility index (Phi) is 3.79. The number of hydrogen-bond acceptors (Lipinski definition) is 1. The molecule has 0 aliphatic heterocycles. The second-order valence-corrected chi connectivity index (χ2v) is 5.06. The summed E-state index contributed by atoms with van der Waals surface area (Å²) in [6, 6.07) is 3.68. The van der Waals surface area contributed by atoms with Crippen molar-refractivity contribution in [3.63, 3.8) is 0 Å². The van der Waals surface area contributed by atoms with Gasteiger partial charge in [-0.25, -0.2) is 0 Å². The Morgan fingerprint density at radius 1 is 1.19 bits per heavy atom. The van der Waals surface area contributed by atoms with Crippen molar-refractivity contribution in [2.24, 2.45) is 5.92 Å². The number of allylic oxidation sites excluding steroid dienone is 1. The third-order valence-electron chi connectivity index (χ3n) is 2.99. The largest absolute Gasteiger partial charge is 0.508 e. The molecule has 0 heterocycles. The van der Waals surface area contributed by atoms with Crippen molar-refractivity contribution < 1.29 is 5.11 Å². The summed E-state index contributed by atoms with van der Waals surface area (Å²) < 4.78 is 0. The Morgan fingerprint density at radius 2 is 1.75 bits per heavy atom. The van der Waals surface area contributed by atoms with Crippen molar-refractivity contribution in [3.05, 3.63) is 35.4 Å². The second kappa shape index (κ2) is 4.73. The molecule has 0 amide bonds. The lowest BCUT2D eigenvalue weighted by molar-refractivity contribution is 0.473. The van der Waals surface area contributed by atoms with Crippen LogP contribution in [0.2, 0.25) is 0 Å². The second-order valence-electron chi connectivity index (χ2n) is 5.06. The fourth-order valence-corrected chi connectivity index (χ4v) is 1.98. The molecule has 1 aromatic carbocycles. The number of aryl methyl sites for hydroxylation is 1. The minimum absolute atomic E-state index is 0.349. The van der Waals surface area contributed by atoms with Crippen LogP contribution in [0.25, 0.3) is 5.57 Å². The van der Waals surface area contributed by atoms with Gasteiger partial charge in [-0.3, -0.25) is 0 Å². The SMILES string of the molecule is C=C(c1c(C)cc(O)cc1C(C)C)C(C)C. The van der Waals surface area contributed by atoms with Gasteiger partial charge in [0.15, 0.2) is 0 Å². The smallest absolute Gasteiger partial charge is 0.116 e. The molecule has 1 rings (SSSR count). The zero-order valence-electron chi connectivity index (χ0n) is 11.0. The molecule has 1 nitrogen and oxygen atoms in total. The molecule has 0 saturated carbocycles. The van der Waals surface area contributed by atoms with Gasteiger partial charge in [0.05, 0.1) is 0 Å². The van der Waals surface area contributed by atoms with Gasteiger partial charge in [0, 0.05) is 0 Å². The molecular weight excluding hydrogens is 196 g/mol. The molecule has 16 heavy (non-hydrogen) atoms. The van der Waals surface area contributed by atoms with Crippen molar-refractivity contribution in [3.8, 4) is 5.75 Å². The maximum absolute atomic E-state index is 9.66. The summed E-state index contributed by atoms with van der Waals surface area (Å²) in [6.07, 6.45) is 0. The maximum atomic E-state index is 9.66. The maximum Gasteiger partial charge on any atom is 0.116 e. The van der Waals surface area contributed by atoms with E-state index in [2.05, 4.69) is 34.3 Å². The summed E-state index contributed by atoms with van der Waals surface area (Å²) >= 11 is 0. The van der Waals surface area contributed by atoms with Crippen LogP contribution < -0.4 is 0 Å². The third kappa shape index (κ3) is 2.46. The standard InChI is InChI=1S/C15H22O/c1-9(2)12(6)15-11(5)7-13(16)8-14(15)10(3)4/h7-10,16H,6H2,1-5H3. The van der Waals surface area contributed by atoms with Crippen LogP contribution in [0, 0.1) is 12.8 Å². The van der Waals surface area contributed by atoms with E-state index in [1.807, 2.05) is 19.1 Å². The molecule has 0 aliphatic rings. The normalized spacial score (nSPS) is 11.2.